The molecule has 1 unspecified atom stereocenters. The van der Waals surface area contributed by atoms with Crippen molar-refractivity contribution >= 4 is 46.6 Å². The lowest BCUT2D eigenvalue weighted by Gasteiger charge is -1.95. The molecular weight excluding hydrogens is 452 g/mol. The quantitative estimate of drug-likeness (QED) is 0.342. The number of nitrogens with one attached hydrogen (secondary N) is 1. The largest absolute Gasteiger partial charge is 0.451 e. The Morgan fingerprint density at radius 2 is 1.68 bits per heavy atom. The smallest absolute Gasteiger partial charge is 0.190 e. The molecule has 0 amide bonds. The first-order valence-electron chi connectivity index (χ1n) is 11.5. The molecule has 5 N–H and O–H groups in total. The third-order valence-corrected chi connectivity index (χ3v) is 4.50. The number of carbonyl (C=O) groups is 2. The van der Waals surface area contributed by atoms with E-state index in [1.54, 1.807) is 18.3 Å². The van der Waals surface area contributed by atoms with Crippen molar-refractivity contribution in [3.8, 4) is 0 Å². The summed E-state index contributed by atoms with van der Waals surface area (Å²) in [5, 5.41) is 4.34. The number of anilines is 2. The fourth-order valence-electron chi connectivity index (χ4n) is 1.79. The van der Waals surface area contributed by atoms with Gasteiger partial charge in [-0.05, 0) is 44.0 Å². The number of aldehydes is 2. The highest BCUT2D eigenvalue weighted by atomic mass is 35.5. The maximum Gasteiger partial charge on any atom is 0.190 e. The van der Waals surface area contributed by atoms with E-state index in [0.717, 1.165) is 30.3 Å². The van der Waals surface area contributed by atoms with Crippen molar-refractivity contribution in [1.82, 2.24) is 4.98 Å². The van der Waals surface area contributed by atoms with Crippen LogP contribution in [0.5, 0.6) is 0 Å². The molecule has 0 spiro atoms. The van der Waals surface area contributed by atoms with Crippen LogP contribution < -0.4 is 16.8 Å². The SMILES string of the molecule is CC.CCC(C)N.CC[C@H](C)C=O.CNc1ccc(Cl)cn1.Nc1c(C=O)oc2ccccc12. The lowest BCUT2D eigenvalue weighted by Crippen LogP contribution is -2.11. The summed E-state index contributed by atoms with van der Waals surface area (Å²) in [4.78, 5) is 24.1. The molecule has 0 aliphatic carbocycles. The molecule has 0 bridgehead atoms. The van der Waals surface area contributed by atoms with Crippen LogP contribution in [0.4, 0.5) is 11.5 Å². The third kappa shape index (κ3) is 14.3. The normalized spacial score (nSPS) is 10.9. The van der Waals surface area contributed by atoms with E-state index in [0.29, 0.717) is 28.6 Å². The van der Waals surface area contributed by atoms with E-state index < -0.39 is 0 Å². The van der Waals surface area contributed by atoms with Crippen molar-refractivity contribution < 1.29 is 14.0 Å². The molecule has 0 fully saturated rings. The molecule has 2 heterocycles. The number of pyridine rings is 1. The number of rotatable bonds is 5. The van der Waals surface area contributed by atoms with E-state index in [1.165, 1.54) is 0 Å². The monoisotopic (exact) mass is 492 g/mol. The molecule has 3 rings (SSSR count). The van der Waals surface area contributed by atoms with Crippen LogP contribution in [-0.2, 0) is 4.79 Å². The molecule has 3 aromatic rings. The molecule has 8 heteroatoms. The predicted octanol–water partition coefficient (Wildman–Crippen LogP) is 6.61. The fourth-order valence-corrected chi connectivity index (χ4v) is 1.90. The number of nitrogen functional groups attached to an aromatic ring is 1. The van der Waals surface area contributed by atoms with Gasteiger partial charge in [0.2, 0.25) is 0 Å². The summed E-state index contributed by atoms with van der Waals surface area (Å²) in [7, 11) is 1.82. The third-order valence-electron chi connectivity index (χ3n) is 4.27. The van der Waals surface area contributed by atoms with Crippen molar-refractivity contribution in [2.45, 2.75) is 60.4 Å². The number of fused-ring (bicyclic) bond motifs is 1. The van der Waals surface area contributed by atoms with Gasteiger partial charge in [-0.25, -0.2) is 4.98 Å². The van der Waals surface area contributed by atoms with Gasteiger partial charge in [-0.3, -0.25) is 4.79 Å². The van der Waals surface area contributed by atoms with Gasteiger partial charge in [0, 0.05) is 30.6 Å². The van der Waals surface area contributed by atoms with E-state index in [1.807, 2.05) is 65.9 Å². The number of nitrogens with two attached hydrogens (primary N) is 2. The van der Waals surface area contributed by atoms with Crippen molar-refractivity contribution in [3.63, 3.8) is 0 Å². The van der Waals surface area contributed by atoms with Gasteiger partial charge in [0.25, 0.3) is 0 Å². The first-order chi connectivity index (χ1) is 16.2. The molecule has 190 valence electrons. The van der Waals surface area contributed by atoms with Gasteiger partial charge in [0.15, 0.2) is 12.0 Å². The summed E-state index contributed by atoms with van der Waals surface area (Å²) in [6.45, 7) is 12.0. The van der Waals surface area contributed by atoms with Gasteiger partial charge in [-0.2, -0.15) is 0 Å². The fraction of sp³-hybridized carbons (Fsp3) is 0.423. The topological polar surface area (TPSA) is 124 Å². The Morgan fingerprint density at radius 1 is 1.09 bits per heavy atom. The van der Waals surface area contributed by atoms with Crippen molar-refractivity contribution in [1.29, 1.82) is 0 Å². The lowest BCUT2D eigenvalue weighted by molar-refractivity contribution is -0.110. The molecule has 0 radical (unpaired) electrons. The Bertz CT molecular complexity index is 912. The zero-order valence-corrected chi connectivity index (χ0v) is 22.2. The Kier molecular flexibility index (Phi) is 20.2. The molecule has 0 aliphatic rings. The number of para-hydroxylation sites is 1. The number of nitrogens with zero attached hydrogens (tertiary/aromatic N) is 1. The van der Waals surface area contributed by atoms with E-state index in [2.05, 4.69) is 17.2 Å². The predicted molar refractivity (Wildman–Crippen MR) is 146 cm³/mol. The van der Waals surface area contributed by atoms with Crippen LogP contribution in [0.25, 0.3) is 11.0 Å². The lowest BCUT2D eigenvalue weighted by atomic mass is 10.2. The van der Waals surface area contributed by atoms with E-state index in [9.17, 15) is 9.59 Å². The number of hydrogen-bond donors (Lipinski definition) is 3. The molecule has 0 aliphatic heterocycles. The number of halogens is 1. The van der Waals surface area contributed by atoms with Gasteiger partial charge < -0.3 is 26.0 Å². The summed E-state index contributed by atoms with van der Waals surface area (Å²) in [5.74, 6) is 1.29. The highest BCUT2D eigenvalue weighted by Crippen LogP contribution is 2.26. The number of aromatic nitrogens is 1. The Hall–Kier alpha value is -2.90. The molecular formula is C26H41ClN4O3. The maximum absolute atomic E-state index is 10.4. The highest BCUT2D eigenvalue weighted by molar-refractivity contribution is 6.30. The van der Waals surface area contributed by atoms with Gasteiger partial charge in [-0.1, -0.05) is 58.4 Å². The van der Waals surface area contributed by atoms with Gasteiger partial charge >= 0.3 is 0 Å². The van der Waals surface area contributed by atoms with Crippen LogP contribution in [-0.4, -0.2) is 30.6 Å². The maximum atomic E-state index is 10.4. The summed E-state index contributed by atoms with van der Waals surface area (Å²) in [5.41, 5.74) is 12.0. The number of benzene rings is 1. The zero-order chi connectivity index (χ0) is 26.5. The Labute approximate surface area is 209 Å². The molecule has 7 nitrogen and oxygen atoms in total. The second kappa shape index (κ2) is 20.7. The average molecular weight is 493 g/mol. The van der Waals surface area contributed by atoms with Crippen LogP contribution in [0.1, 0.15) is 64.9 Å². The first-order valence-corrected chi connectivity index (χ1v) is 11.8. The van der Waals surface area contributed by atoms with Crippen molar-refractivity contribution in [2.75, 3.05) is 18.1 Å². The number of hydrogen-bond acceptors (Lipinski definition) is 7. The van der Waals surface area contributed by atoms with Crippen LogP contribution in [0.15, 0.2) is 47.0 Å². The number of furan rings is 1. The van der Waals surface area contributed by atoms with Crippen molar-refractivity contribution in [3.05, 3.63) is 53.4 Å². The summed E-state index contributed by atoms with van der Waals surface area (Å²) < 4.78 is 5.15. The average Bonchev–Trinajstić information content (AvgIpc) is 3.22. The standard InChI is InChI=1S/C9H7NO2.C6H7ClN2.C5H10O.C4H11N.C2H6/c10-9-6-3-1-2-4-7(6)12-8(9)5-11;1-8-6-3-2-5(7)4-9-6;1-3-5(2)4-6;1-3-4(2)5;1-2/h1-5H,10H2;2-4H,1H3,(H,8,9);4-5H,3H2,1-2H3;4H,3,5H2,1-2H3;1-2H3/t;;5-;;/m..0../s1. The van der Waals surface area contributed by atoms with Crippen molar-refractivity contribution in [2.24, 2.45) is 11.7 Å². The number of carbonyl (C=O) groups excluding carboxylic acids is 2. The van der Waals surface area contributed by atoms with E-state index in [4.69, 9.17) is 27.5 Å². The van der Waals surface area contributed by atoms with Gasteiger partial charge in [-0.15, -0.1) is 0 Å². The van der Waals surface area contributed by atoms with Crippen LogP contribution in [0.2, 0.25) is 5.02 Å². The van der Waals surface area contributed by atoms with Gasteiger partial charge in [0.05, 0.1) is 10.7 Å². The molecule has 34 heavy (non-hydrogen) atoms. The second-order valence-corrected chi connectivity index (χ2v) is 7.45. The summed E-state index contributed by atoms with van der Waals surface area (Å²) in [6, 6.07) is 11.3. The highest BCUT2D eigenvalue weighted by Gasteiger charge is 2.08. The minimum atomic E-state index is 0.205. The minimum absolute atomic E-state index is 0.205. The molecule has 1 aromatic carbocycles. The Morgan fingerprint density at radius 3 is 2.03 bits per heavy atom. The second-order valence-electron chi connectivity index (χ2n) is 7.01. The molecule has 2 aromatic heterocycles. The molecule has 0 saturated heterocycles. The summed E-state index contributed by atoms with van der Waals surface area (Å²) >= 11 is 5.58. The van der Waals surface area contributed by atoms with Gasteiger partial charge in [0.1, 0.15) is 17.7 Å². The molecule has 2 atom stereocenters. The van der Waals surface area contributed by atoms with Crippen LogP contribution in [0, 0.1) is 5.92 Å². The molecule has 0 saturated carbocycles. The first kappa shape index (κ1) is 33.3. The zero-order valence-electron chi connectivity index (χ0n) is 21.5. The van der Waals surface area contributed by atoms with E-state index >= 15 is 0 Å². The van der Waals surface area contributed by atoms with Crippen LogP contribution >= 0.6 is 11.6 Å². The minimum Gasteiger partial charge on any atom is -0.451 e. The van der Waals surface area contributed by atoms with Crippen LogP contribution in [0.3, 0.4) is 0 Å². The van der Waals surface area contributed by atoms with E-state index in [-0.39, 0.29) is 11.7 Å². The summed E-state index contributed by atoms with van der Waals surface area (Å²) in [6.07, 6.45) is 5.24. The Balaban J connectivity index is 0.